The molecule has 2 aromatic rings. The molecular weight excluding hydrogens is 430 g/mol. The summed E-state index contributed by atoms with van der Waals surface area (Å²) in [5.41, 5.74) is 1.73. The van der Waals surface area contributed by atoms with Crippen LogP contribution in [0.15, 0.2) is 30.5 Å². The highest BCUT2D eigenvalue weighted by atomic mass is 32.3. The van der Waals surface area contributed by atoms with Gasteiger partial charge in [0.15, 0.2) is 0 Å². The minimum absolute atomic E-state index is 0.0393. The van der Waals surface area contributed by atoms with Crippen LogP contribution in [-0.2, 0) is 26.2 Å². The van der Waals surface area contributed by atoms with E-state index < -0.39 is 34.1 Å². The van der Waals surface area contributed by atoms with Crippen molar-refractivity contribution in [3.8, 4) is 0 Å². The number of hydrogen-bond acceptors (Lipinski definition) is 6. The average Bonchev–Trinajstić information content (AvgIpc) is 3.08. The Bertz CT molecular complexity index is 990. The van der Waals surface area contributed by atoms with Crippen LogP contribution < -0.4 is 15.4 Å². The van der Waals surface area contributed by atoms with Gasteiger partial charge in [-0.3, -0.25) is 14.8 Å². The predicted octanol–water partition coefficient (Wildman–Crippen LogP) is 0.726. The molecule has 0 aliphatic rings. The van der Waals surface area contributed by atoms with Gasteiger partial charge in [0.25, 0.3) is 0 Å². The third-order valence-corrected chi connectivity index (χ3v) is 6.17. The summed E-state index contributed by atoms with van der Waals surface area (Å²) in [5.74, 6) is -1.14. The average molecular weight is 458 g/mol. The number of nitrogens with one attached hydrogen (secondary N) is 4. The van der Waals surface area contributed by atoms with Gasteiger partial charge in [0.1, 0.15) is 12.1 Å². The van der Waals surface area contributed by atoms with Gasteiger partial charge in [-0.1, -0.05) is 32.0 Å². The van der Waals surface area contributed by atoms with Crippen molar-refractivity contribution in [2.75, 3.05) is 7.05 Å². The number of aromatic amines is 1. The molecule has 1 aromatic heterocycles. The predicted molar refractivity (Wildman–Crippen MR) is 116 cm³/mol. The lowest BCUT2D eigenvalue weighted by Gasteiger charge is -2.24. The largest absolute Gasteiger partial charge is 0.361 e. The zero-order valence-corrected chi connectivity index (χ0v) is 18.6. The molecule has 0 saturated carbocycles. The van der Waals surface area contributed by atoms with Gasteiger partial charge in [-0.15, -0.1) is 0 Å². The number of carbonyl (C=O) groups excluding carboxylic acids is 2. The molecule has 2 unspecified atom stereocenters. The van der Waals surface area contributed by atoms with E-state index in [0.717, 1.165) is 16.5 Å². The maximum atomic E-state index is 12.9. The molecule has 5 N–H and O–H groups in total. The van der Waals surface area contributed by atoms with Crippen molar-refractivity contribution >= 4 is 45.7 Å². The summed E-state index contributed by atoms with van der Waals surface area (Å²) in [5, 5.41) is 15.2. The molecule has 30 heavy (non-hydrogen) atoms. The van der Waals surface area contributed by atoms with Gasteiger partial charge in [0, 0.05) is 30.6 Å². The normalized spacial score (nSPS) is 14.1. The molecule has 0 aliphatic carbocycles. The van der Waals surface area contributed by atoms with Gasteiger partial charge < -0.3 is 15.6 Å². The number of rotatable bonds is 10. The molecule has 10 nitrogen and oxygen atoms in total. The SMILES string of the molecule is CNC(=O)C(Cc1c[nH]c2ccccc12)NC(=O)C(CC(C)C)NS(=O)(=O)N(O)S. The van der Waals surface area contributed by atoms with Crippen molar-refractivity contribution in [3.05, 3.63) is 36.0 Å². The molecule has 0 fully saturated rings. The number of nitrogens with zero attached hydrogens (tertiary/aromatic N) is 1. The summed E-state index contributed by atoms with van der Waals surface area (Å²) >= 11 is 3.36. The molecular formula is C18H27N5O5S2. The van der Waals surface area contributed by atoms with Gasteiger partial charge >= 0.3 is 10.2 Å². The van der Waals surface area contributed by atoms with Crippen molar-refractivity contribution in [1.29, 1.82) is 0 Å². The molecule has 0 radical (unpaired) electrons. The van der Waals surface area contributed by atoms with E-state index in [1.54, 1.807) is 6.20 Å². The summed E-state index contributed by atoms with van der Waals surface area (Å²) in [6.45, 7) is 3.63. The zero-order chi connectivity index (χ0) is 22.5. The fourth-order valence-corrected chi connectivity index (χ4v) is 3.88. The molecule has 2 atom stereocenters. The highest BCUT2D eigenvalue weighted by Gasteiger charge is 2.31. The summed E-state index contributed by atoms with van der Waals surface area (Å²) < 4.78 is 25.7. The lowest BCUT2D eigenvalue weighted by molar-refractivity contribution is -0.129. The van der Waals surface area contributed by atoms with Crippen LogP contribution in [0.2, 0.25) is 0 Å². The Hall–Kier alpha value is -2.12. The molecule has 166 valence electrons. The second-order valence-electron chi connectivity index (χ2n) is 7.27. The highest BCUT2D eigenvalue weighted by molar-refractivity contribution is 7.98. The fourth-order valence-electron chi connectivity index (χ4n) is 3.08. The van der Waals surface area contributed by atoms with Crippen molar-refractivity contribution in [2.45, 2.75) is 38.8 Å². The highest BCUT2D eigenvalue weighted by Crippen LogP contribution is 2.19. The molecule has 0 spiro atoms. The van der Waals surface area contributed by atoms with Crippen LogP contribution >= 0.6 is 12.8 Å². The van der Waals surface area contributed by atoms with Crippen molar-refractivity contribution in [1.82, 2.24) is 24.2 Å². The number of fused-ring (bicyclic) bond motifs is 1. The minimum atomic E-state index is -4.39. The van der Waals surface area contributed by atoms with E-state index in [9.17, 15) is 23.2 Å². The molecule has 1 heterocycles. The van der Waals surface area contributed by atoms with E-state index >= 15 is 0 Å². The number of H-pyrrole nitrogens is 1. The first-order valence-corrected chi connectivity index (χ1v) is 11.2. The topological polar surface area (TPSA) is 144 Å². The Morgan fingerprint density at radius 1 is 1.20 bits per heavy atom. The van der Waals surface area contributed by atoms with E-state index in [1.807, 2.05) is 38.1 Å². The van der Waals surface area contributed by atoms with Gasteiger partial charge in [-0.05, 0) is 40.7 Å². The Morgan fingerprint density at radius 2 is 1.87 bits per heavy atom. The third-order valence-electron chi connectivity index (χ3n) is 4.51. The van der Waals surface area contributed by atoms with Crippen LogP contribution in [-0.4, -0.2) is 53.4 Å². The smallest absolute Gasteiger partial charge is 0.311 e. The first kappa shape index (κ1) is 24.2. The Kier molecular flexibility index (Phi) is 8.26. The summed E-state index contributed by atoms with van der Waals surface area (Å²) in [4.78, 5) is 28.4. The number of carbonyl (C=O) groups is 2. The summed E-state index contributed by atoms with van der Waals surface area (Å²) in [6.07, 6.45) is 2.13. The standard InChI is InChI=1S/C18H27N5O5S2/c1-11(2)8-16(22-30(27,28)23(26)29)18(25)21-15(17(24)19-3)9-12-10-20-14-7-5-4-6-13(12)14/h4-7,10-11,15-16,20,22,26,29H,8-9H2,1-3H3,(H,19,24)(H,21,25). The van der Waals surface area contributed by atoms with Crippen LogP contribution in [0.4, 0.5) is 0 Å². The van der Waals surface area contributed by atoms with Crippen molar-refractivity contribution in [3.63, 3.8) is 0 Å². The number of benzene rings is 1. The molecule has 0 aliphatic heterocycles. The van der Waals surface area contributed by atoms with E-state index in [-0.39, 0.29) is 22.6 Å². The molecule has 0 bridgehead atoms. The van der Waals surface area contributed by atoms with E-state index in [0.29, 0.717) is 0 Å². The lowest BCUT2D eigenvalue weighted by atomic mass is 10.0. The first-order chi connectivity index (χ1) is 14.0. The van der Waals surface area contributed by atoms with Crippen molar-refractivity contribution in [2.24, 2.45) is 5.92 Å². The van der Waals surface area contributed by atoms with Crippen LogP contribution in [0, 0.1) is 5.92 Å². The maximum Gasteiger partial charge on any atom is 0.311 e. The number of thiol groups is 1. The fraction of sp³-hybridized carbons (Fsp3) is 0.444. The number of para-hydroxylation sites is 1. The monoisotopic (exact) mass is 457 g/mol. The summed E-state index contributed by atoms with van der Waals surface area (Å²) in [6, 6.07) is 5.43. The van der Waals surface area contributed by atoms with Gasteiger partial charge in [-0.2, -0.15) is 13.1 Å². The van der Waals surface area contributed by atoms with Gasteiger partial charge in [0.2, 0.25) is 11.8 Å². The van der Waals surface area contributed by atoms with Crippen LogP contribution in [0.1, 0.15) is 25.8 Å². The third kappa shape index (κ3) is 6.19. The Labute approximate surface area is 181 Å². The Morgan fingerprint density at radius 3 is 2.47 bits per heavy atom. The number of likely N-dealkylation sites (N-methyl/N-ethyl adjacent to an activating group) is 1. The van der Waals surface area contributed by atoms with Crippen molar-refractivity contribution < 1.29 is 23.2 Å². The maximum absolute atomic E-state index is 12.9. The Balaban J connectivity index is 2.24. The van der Waals surface area contributed by atoms with E-state index in [2.05, 4.69) is 33.2 Å². The minimum Gasteiger partial charge on any atom is -0.361 e. The van der Waals surface area contributed by atoms with Gasteiger partial charge in [0.05, 0.1) is 0 Å². The second-order valence-corrected chi connectivity index (χ2v) is 9.45. The summed E-state index contributed by atoms with van der Waals surface area (Å²) in [7, 11) is -2.94. The number of aromatic nitrogens is 1. The molecule has 0 saturated heterocycles. The van der Waals surface area contributed by atoms with Crippen LogP contribution in [0.3, 0.4) is 0 Å². The molecule has 2 rings (SSSR count). The van der Waals surface area contributed by atoms with Gasteiger partial charge in [-0.25, -0.2) is 0 Å². The van der Waals surface area contributed by atoms with E-state index in [1.165, 1.54) is 7.05 Å². The first-order valence-electron chi connectivity index (χ1n) is 9.32. The van der Waals surface area contributed by atoms with Crippen LogP contribution in [0.5, 0.6) is 0 Å². The molecule has 12 heteroatoms. The van der Waals surface area contributed by atoms with E-state index in [4.69, 9.17) is 0 Å². The number of hydrogen-bond donors (Lipinski definition) is 6. The zero-order valence-electron chi connectivity index (χ0n) is 16.9. The quantitative estimate of drug-likeness (QED) is 0.230. The lowest BCUT2D eigenvalue weighted by Crippen LogP contribution is -2.55. The number of amides is 2. The molecule has 2 amide bonds. The second kappa shape index (κ2) is 10.3. The van der Waals surface area contributed by atoms with Crippen LogP contribution in [0.25, 0.3) is 10.9 Å². The molecule has 1 aromatic carbocycles.